The number of hydrogen-bond acceptors (Lipinski definition) is 6. The Kier molecular flexibility index (Phi) is 9.54. The van der Waals surface area contributed by atoms with Crippen molar-refractivity contribution in [3.63, 3.8) is 0 Å². The molecule has 8 heteroatoms. The van der Waals surface area contributed by atoms with E-state index in [-0.39, 0.29) is 17.1 Å². The molecular weight excluding hydrogens is 429 g/mol. The Morgan fingerprint density at radius 3 is 2.62 bits per heavy atom. The molecule has 2 saturated carbocycles. The van der Waals surface area contributed by atoms with E-state index in [4.69, 9.17) is 10.5 Å². The highest BCUT2D eigenvalue weighted by Gasteiger charge is 2.47. The molecule has 4 unspecified atom stereocenters. The number of aldehydes is 1. The molecule has 0 spiro atoms. The number of primary amides is 1. The van der Waals surface area contributed by atoms with Crippen LogP contribution in [0.15, 0.2) is 23.1 Å². The van der Waals surface area contributed by atoms with Crippen molar-refractivity contribution in [2.24, 2.45) is 23.0 Å². The van der Waals surface area contributed by atoms with Gasteiger partial charge in [0.25, 0.3) is 0 Å². The zero-order chi connectivity index (χ0) is 23.9. The lowest BCUT2D eigenvalue weighted by atomic mass is 9.58. The Hall–Kier alpha value is -1.64. The molecule has 0 saturated heterocycles. The van der Waals surface area contributed by atoms with E-state index >= 15 is 0 Å². The fourth-order valence-corrected chi connectivity index (χ4v) is 5.61. The van der Waals surface area contributed by atoms with Gasteiger partial charge in [-0.3, -0.25) is 4.79 Å². The third-order valence-corrected chi connectivity index (χ3v) is 7.96. The predicted molar refractivity (Wildman–Crippen MR) is 127 cm³/mol. The van der Waals surface area contributed by atoms with Gasteiger partial charge in [-0.15, -0.1) is 0 Å². The Morgan fingerprint density at radius 2 is 2.09 bits per heavy atom. The van der Waals surface area contributed by atoms with Crippen LogP contribution in [0.5, 0.6) is 5.75 Å². The number of ether oxygens (including phenoxy) is 1. The van der Waals surface area contributed by atoms with E-state index in [1.165, 1.54) is 44.4 Å². The van der Waals surface area contributed by atoms with Crippen molar-refractivity contribution in [3.05, 3.63) is 24.0 Å². The maximum Gasteiger partial charge on any atom is 0.223 e. The normalized spacial score (nSPS) is 27.1. The second-order valence-corrected chi connectivity index (χ2v) is 10.5. The van der Waals surface area contributed by atoms with Crippen molar-refractivity contribution >= 4 is 24.1 Å². The molecule has 0 radical (unpaired) electrons. The number of amides is 1. The van der Waals surface area contributed by atoms with Gasteiger partial charge in [0.15, 0.2) is 11.6 Å². The number of fused-ring (bicyclic) bond motifs is 2. The van der Waals surface area contributed by atoms with Gasteiger partial charge in [0.1, 0.15) is 6.29 Å². The topological polar surface area (TPSA) is 93.5 Å². The smallest absolute Gasteiger partial charge is 0.223 e. The maximum atomic E-state index is 13.3. The number of nitrogens with two attached hydrogens (primary N) is 1. The molecular formula is C24H38FN3O3S. The number of benzene rings is 1. The predicted octanol–water partition coefficient (Wildman–Crippen LogP) is 4.07. The van der Waals surface area contributed by atoms with Crippen molar-refractivity contribution in [1.29, 1.82) is 0 Å². The summed E-state index contributed by atoms with van der Waals surface area (Å²) in [7, 11) is 3.45. The zero-order valence-corrected chi connectivity index (χ0v) is 20.7. The first-order valence-corrected chi connectivity index (χ1v) is 12.1. The van der Waals surface area contributed by atoms with E-state index in [0.717, 1.165) is 31.5 Å². The van der Waals surface area contributed by atoms with Gasteiger partial charge in [-0.1, -0.05) is 6.92 Å². The Bertz CT molecular complexity index is 792. The fraction of sp³-hybridized carbons (Fsp3) is 0.667. The molecule has 1 amide bonds. The summed E-state index contributed by atoms with van der Waals surface area (Å²) in [5.41, 5.74) is 4.80. The average molecular weight is 468 g/mol. The number of nitrogens with one attached hydrogen (secondary N) is 2. The zero-order valence-electron chi connectivity index (χ0n) is 19.9. The summed E-state index contributed by atoms with van der Waals surface area (Å²) in [5, 5.41) is 3.41. The standard InChI is InChI=1S/C13H24N2O.C11H14FNO2S/c1-3-13(12(14)16)7-9-4-5-11(15-2)10(6-9)8-13;1-11(2,7-14)13-16-8-4-5-10(15-3)9(12)6-8/h9-11,15H,3-8H2,1-2H3,(H2,14,16);4-7,13H,1-3H3. The van der Waals surface area contributed by atoms with Crippen LogP contribution in [0.3, 0.4) is 0 Å². The minimum absolute atomic E-state index is 0.0681. The third kappa shape index (κ3) is 6.68. The SMILES string of the molecule is CCC1(C(N)=O)CC2CCC(NC)C(C2)C1.COc1ccc(SNC(C)(C)C=O)cc1F. The molecule has 3 rings (SSSR count). The molecule has 2 aliphatic carbocycles. The lowest BCUT2D eigenvalue weighted by Crippen LogP contribution is -2.50. The van der Waals surface area contributed by atoms with Crippen LogP contribution in [0.4, 0.5) is 4.39 Å². The van der Waals surface area contributed by atoms with Crippen LogP contribution >= 0.6 is 11.9 Å². The molecule has 4 N–H and O–H groups in total. The van der Waals surface area contributed by atoms with E-state index < -0.39 is 11.4 Å². The molecule has 2 bridgehead atoms. The summed E-state index contributed by atoms with van der Waals surface area (Å²) < 4.78 is 21.1. The van der Waals surface area contributed by atoms with Crippen LogP contribution in [0.1, 0.15) is 59.3 Å². The van der Waals surface area contributed by atoms with Gasteiger partial charge in [-0.2, -0.15) is 0 Å². The summed E-state index contributed by atoms with van der Waals surface area (Å²) in [6.07, 6.45) is 7.57. The fourth-order valence-electron chi connectivity index (χ4n) is 4.88. The van der Waals surface area contributed by atoms with Gasteiger partial charge in [-0.05, 0) is 101 Å². The number of methoxy groups -OCH3 is 1. The van der Waals surface area contributed by atoms with Crippen molar-refractivity contribution in [3.8, 4) is 5.75 Å². The minimum Gasteiger partial charge on any atom is -0.494 e. The number of hydrogen-bond donors (Lipinski definition) is 3. The molecule has 4 atom stereocenters. The first-order valence-electron chi connectivity index (χ1n) is 11.3. The van der Waals surface area contributed by atoms with Crippen molar-refractivity contribution in [2.45, 2.75) is 75.8 Å². The van der Waals surface area contributed by atoms with Gasteiger partial charge in [0, 0.05) is 16.4 Å². The average Bonchev–Trinajstić information content (AvgIpc) is 2.78. The summed E-state index contributed by atoms with van der Waals surface area (Å²) in [6.45, 7) is 5.60. The first-order chi connectivity index (χ1) is 15.1. The monoisotopic (exact) mass is 467 g/mol. The van der Waals surface area contributed by atoms with Crippen LogP contribution < -0.4 is 20.5 Å². The van der Waals surface area contributed by atoms with E-state index in [0.29, 0.717) is 16.9 Å². The van der Waals surface area contributed by atoms with Gasteiger partial charge < -0.3 is 20.6 Å². The molecule has 1 aromatic carbocycles. The van der Waals surface area contributed by atoms with Crippen molar-refractivity contribution in [1.82, 2.24) is 10.0 Å². The lowest BCUT2D eigenvalue weighted by molar-refractivity contribution is -0.133. The van der Waals surface area contributed by atoms with Crippen LogP contribution in [0.25, 0.3) is 0 Å². The Balaban J connectivity index is 0.000000227. The lowest BCUT2D eigenvalue weighted by Gasteiger charge is -2.48. The second kappa shape index (κ2) is 11.5. The molecule has 180 valence electrons. The molecule has 1 aromatic rings. The van der Waals surface area contributed by atoms with Gasteiger partial charge in [-0.25, -0.2) is 9.11 Å². The largest absolute Gasteiger partial charge is 0.494 e. The number of carbonyl (C=O) groups is 2. The number of rotatable bonds is 8. The highest BCUT2D eigenvalue weighted by atomic mass is 32.2. The van der Waals surface area contributed by atoms with Crippen LogP contribution in [-0.2, 0) is 9.59 Å². The van der Waals surface area contributed by atoms with E-state index in [1.54, 1.807) is 26.0 Å². The van der Waals surface area contributed by atoms with E-state index in [9.17, 15) is 14.0 Å². The van der Waals surface area contributed by atoms with Gasteiger partial charge in [0.2, 0.25) is 5.91 Å². The minimum atomic E-state index is -0.638. The van der Waals surface area contributed by atoms with Gasteiger partial charge >= 0.3 is 0 Å². The molecule has 32 heavy (non-hydrogen) atoms. The molecule has 0 aromatic heterocycles. The third-order valence-electron chi connectivity index (χ3n) is 6.84. The highest BCUT2D eigenvalue weighted by molar-refractivity contribution is 7.97. The molecule has 2 fully saturated rings. The second-order valence-electron chi connectivity index (χ2n) is 9.58. The number of carbonyl (C=O) groups excluding carboxylic acids is 2. The molecule has 0 heterocycles. The maximum absolute atomic E-state index is 13.3. The Morgan fingerprint density at radius 1 is 1.38 bits per heavy atom. The highest BCUT2D eigenvalue weighted by Crippen LogP contribution is 2.50. The van der Waals surface area contributed by atoms with E-state index in [1.807, 2.05) is 7.05 Å². The first kappa shape index (κ1) is 26.6. The van der Waals surface area contributed by atoms with Crippen molar-refractivity contribution < 1.29 is 18.7 Å². The summed E-state index contributed by atoms with van der Waals surface area (Å²) >= 11 is 1.21. The van der Waals surface area contributed by atoms with Gasteiger partial charge in [0.05, 0.1) is 12.6 Å². The molecule has 0 aliphatic heterocycles. The Labute approximate surface area is 195 Å². The van der Waals surface area contributed by atoms with E-state index in [2.05, 4.69) is 17.0 Å². The molecule has 2 aliphatic rings. The van der Waals surface area contributed by atoms with Crippen LogP contribution in [0.2, 0.25) is 0 Å². The summed E-state index contributed by atoms with van der Waals surface area (Å²) in [6, 6.07) is 5.23. The summed E-state index contributed by atoms with van der Waals surface area (Å²) in [5.74, 6) is 1.11. The van der Waals surface area contributed by atoms with Crippen LogP contribution in [-0.4, -0.2) is 37.9 Å². The van der Waals surface area contributed by atoms with Crippen molar-refractivity contribution in [2.75, 3.05) is 14.2 Å². The molecule has 6 nitrogen and oxygen atoms in total. The summed E-state index contributed by atoms with van der Waals surface area (Å²) in [4.78, 5) is 23.1. The quantitative estimate of drug-likeness (QED) is 0.394. The van der Waals surface area contributed by atoms with Crippen LogP contribution in [0, 0.1) is 23.1 Å². The number of halogens is 1.